The van der Waals surface area contributed by atoms with E-state index in [1.165, 1.54) is 11.1 Å². The third-order valence-corrected chi connectivity index (χ3v) is 5.46. The Bertz CT molecular complexity index is 824. The summed E-state index contributed by atoms with van der Waals surface area (Å²) in [6.07, 6.45) is 0.964. The van der Waals surface area contributed by atoms with E-state index < -0.39 is 0 Å². The molecule has 0 saturated carbocycles. The normalized spacial score (nSPS) is 14.9. The van der Waals surface area contributed by atoms with Gasteiger partial charge >= 0.3 is 0 Å². The fraction of sp³-hybridized carbons (Fsp3) is 0.417. The van der Waals surface area contributed by atoms with E-state index in [4.69, 9.17) is 0 Å². The van der Waals surface area contributed by atoms with E-state index >= 15 is 0 Å². The molecule has 0 atom stereocenters. The molecule has 1 fully saturated rings. The van der Waals surface area contributed by atoms with Crippen LogP contribution in [0.4, 0.5) is 0 Å². The highest BCUT2D eigenvalue weighted by molar-refractivity contribution is 5.96. The number of hydrogen-bond acceptors (Lipinski definition) is 2. The Hall–Kier alpha value is -2.62. The van der Waals surface area contributed by atoms with Crippen molar-refractivity contribution in [3.8, 4) is 0 Å². The summed E-state index contributed by atoms with van der Waals surface area (Å²) in [6.45, 7) is 10.9. The minimum atomic E-state index is 0.0415. The minimum absolute atomic E-state index is 0.0415. The lowest BCUT2D eigenvalue weighted by molar-refractivity contribution is 0.0535. The first kappa shape index (κ1) is 20.1. The van der Waals surface area contributed by atoms with Crippen molar-refractivity contribution in [1.29, 1.82) is 0 Å². The van der Waals surface area contributed by atoms with Crippen molar-refractivity contribution in [1.82, 2.24) is 9.80 Å². The van der Waals surface area contributed by atoms with Gasteiger partial charge in [-0.3, -0.25) is 9.59 Å². The molecule has 3 rings (SSSR count). The summed E-state index contributed by atoms with van der Waals surface area (Å²) in [4.78, 5) is 29.2. The number of hydrogen-bond donors (Lipinski definition) is 0. The lowest BCUT2D eigenvalue weighted by Crippen LogP contribution is -2.50. The number of amides is 2. The molecule has 2 aromatic carbocycles. The van der Waals surface area contributed by atoms with Crippen LogP contribution in [0.1, 0.15) is 59.5 Å². The molecule has 0 aromatic heterocycles. The molecule has 0 unspecified atom stereocenters. The van der Waals surface area contributed by atoms with Gasteiger partial charge in [0.05, 0.1) is 0 Å². The fourth-order valence-electron chi connectivity index (χ4n) is 3.47. The van der Waals surface area contributed by atoms with Crippen molar-refractivity contribution in [3.63, 3.8) is 0 Å². The molecule has 1 aliphatic heterocycles. The quantitative estimate of drug-likeness (QED) is 0.805. The van der Waals surface area contributed by atoms with Gasteiger partial charge in [0.25, 0.3) is 11.8 Å². The van der Waals surface area contributed by atoms with Crippen molar-refractivity contribution < 1.29 is 9.59 Å². The number of benzene rings is 2. The number of rotatable bonds is 3. The zero-order valence-corrected chi connectivity index (χ0v) is 17.4. The first-order valence-electron chi connectivity index (χ1n) is 10.1. The SMILES string of the molecule is CCc1ccc(C(=O)N2CCN(C(=O)c3ccc(C(C)(C)C)cc3)CC2)cc1. The van der Waals surface area contributed by atoms with Gasteiger partial charge in [-0.1, -0.05) is 52.0 Å². The monoisotopic (exact) mass is 378 g/mol. The Balaban J connectivity index is 1.59. The highest BCUT2D eigenvalue weighted by Gasteiger charge is 2.25. The van der Waals surface area contributed by atoms with Gasteiger partial charge in [-0.25, -0.2) is 0 Å². The van der Waals surface area contributed by atoms with Crippen LogP contribution in [0.25, 0.3) is 0 Å². The van der Waals surface area contributed by atoms with Gasteiger partial charge in [0, 0.05) is 37.3 Å². The Kier molecular flexibility index (Phi) is 5.87. The van der Waals surface area contributed by atoms with Crippen molar-refractivity contribution >= 4 is 11.8 Å². The van der Waals surface area contributed by atoms with Crippen molar-refractivity contribution in [2.45, 2.75) is 39.5 Å². The highest BCUT2D eigenvalue weighted by atomic mass is 16.2. The average molecular weight is 379 g/mol. The van der Waals surface area contributed by atoms with Gasteiger partial charge in [-0.05, 0) is 47.2 Å². The number of carbonyl (C=O) groups is 2. The maximum atomic E-state index is 12.8. The molecule has 4 heteroatoms. The van der Waals surface area contributed by atoms with Gasteiger partial charge in [0.2, 0.25) is 0 Å². The smallest absolute Gasteiger partial charge is 0.253 e. The number of aryl methyl sites for hydroxylation is 1. The Morgan fingerprint density at radius 3 is 1.50 bits per heavy atom. The zero-order valence-electron chi connectivity index (χ0n) is 17.4. The third kappa shape index (κ3) is 4.44. The van der Waals surface area contributed by atoms with E-state index in [9.17, 15) is 9.59 Å². The van der Waals surface area contributed by atoms with Crippen LogP contribution in [-0.2, 0) is 11.8 Å². The highest BCUT2D eigenvalue weighted by Crippen LogP contribution is 2.22. The van der Waals surface area contributed by atoms with Crippen LogP contribution in [0.2, 0.25) is 0 Å². The predicted molar refractivity (Wildman–Crippen MR) is 113 cm³/mol. The molecule has 1 saturated heterocycles. The maximum Gasteiger partial charge on any atom is 0.253 e. The molecule has 2 amide bonds. The van der Waals surface area contributed by atoms with E-state index in [0.717, 1.165) is 12.0 Å². The molecule has 1 heterocycles. The van der Waals surface area contributed by atoms with Gasteiger partial charge in [0.15, 0.2) is 0 Å². The molecule has 1 aliphatic rings. The van der Waals surface area contributed by atoms with Crippen LogP contribution in [0, 0.1) is 0 Å². The van der Waals surface area contributed by atoms with Crippen molar-refractivity contribution in [2.75, 3.05) is 26.2 Å². The molecular weight excluding hydrogens is 348 g/mol. The maximum absolute atomic E-state index is 12.8. The fourth-order valence-corrected chi connectivity index (χ4v) is 3.47. The summed E-state index contributed by atoms with van der Waals surface area (Å²) in [7, 11) is 0. The second-order valence-corrected chi connectivity index (χ2v) is 8.46. The van der Waals surface area contributed by atoms with Gasteiger partial charge in [-0.2, -0.15) is 0 Å². The summed E-state index contributed by atoms with van der Waals surface area (Å²) in [6, 6.07) is 15.7. The number of piperazine rings is 1. The first-order valence-corrected chi connectivity index (χ1v) is 10.1. The summed E-state index contributed by atoms with van der Waals surface area (Å²) in [5.41, 5.74) is 3.94. The van der Waals surface area contributed by atoms with Crippen LogP contribution in [0.3, 0.4) is 0 Å². The summed E-state index contributed by atoms with van der Waals surface area (Å²) in [5.74, 6) is 0.0872. The number of nitrogens with zero attached hydrogens (tertiary/aromatic N) is 2. The summed E-state index contributed by atoms with van der Waals surface area (Å²) >= 11 is 0. The molecule has 2 aromatic rings. The lowest BCUT2D eigenvalue weighted by atomic mass is 9.86. The van der Waals surface area contributed by atoms with E-state index in [-0.39, 0.29) is 17.2 Å². The number of carbonyl (C=O) groups excluding carboxylic acids is 2. The standard InChI is InChI=1S/C24H30N2O2/c1-5-18-6-8-19(9-7-18)22(27)25-14-16-26(17-15-25)23(28)20-10-12-21(13-11-20)24(2,3)4/h6-13H,5,14-17H2,1-4H3. The van der Waals surface area contributed by atoms with E-state index in [2.05, 4.69) is 27.7 Å². The molecule has 0 N–H and O–H groups in total. The zero-order chi connectivity index (χ0) is 20.3. The molecule has 148 valence electrons. The predicted octanol–water partition coefficient (Wildman–Crippen LogP) is 4.14. The van der Waals surface area contributed by atoms with E-state index in [1.807, 2.05) is 58.3 Å². The average Bonchev–Trinajstić information content (AvgIpc) is 2.72. The third-order valence-electron chi connectivity index (χ3n) is 5.46. The molecule has 0 aliphatic carbocycles. The Morgan fingerprint density at radius 1 is 0.750 bits per heavy atom. The Labute approximate surface area is 168 Å². The first-order chi connectivity index (χ1) is 13.3. The largest absolute Gasteiger partial charge is 0.335 e. The molecule has 28 heavy (non-hydrogen) atoms. The molecule has 0 spiro atoms. The van der Waals surface area contributed by atoms with Crippen LogP contribution < -0.4 is 0 Å². The molecular formula is C24H30N2O2. The summed E-state index contributed by atoms with van der Waals surface area (Å²) < 4.78 is 0. The second kappa shape index (κ2) is 8.17. The minimum Gasteiger partial charge on any atom is -0.335 e. The Morgan fingerprint density at radius 2 is 1.14 bits per heavy atom. The molecule has 0 bridgehead atoms. The van der Waals surface area contributed by atoms with Gasteiger partial charge in [-0.15, -0.1) is 0 Å². The van der Waals surface area contributed by atoms with E-state index in [1.54, 1.807) is 0 Å². The summed E-state index contributed by atoms with van der Waals surface area (Å²) in [5, 5.41) is 0. The van der Waals surface area contributed by atoms with Gasteiger partial charge < -0.3 is 9.80 Å². The van der Waals surface area contributed by atoms with E-state index in [0.29, 0.717) is 31.7 Å². The van der Waals surface area contributed by atoms with Crippen LogP contribution in [0.15, 0.2) is 48.5 Å². The van der Waals surface area contributed by atoms with Crippen LogP contribution >= 0.6 is 0 Å². The van der Waals surface area contributed by atoms with Crippen LogP contribution in [-0.4, -0.2) is 47.8 Å². The molecule has 4 nitrogen and oxygen atoms in total. The second-order valence-electron chi connectivity index (χ2n) is 8.46. The van der Waals surface area contributed by atoms with Gasteiger partial charge in [0.1, 0.15) is 0 Å². The van der Waals surface area contributed by atoms with Crippen LogP contribution in [0.5, 0.6) is 0 Å². The lowest BCUT2D eigenvalue weighted by Gasteiger charge is -2.35. The van der Waals surface area contributed by atoms with Crippen molar-refractivity contribution in [2.24, 2.45) is 0 Å². The van der Waals surface area contributed by atoms with Crippen molar-refractivity contribution in [3.05, 3.63) is 70.8 Å². The topological polar surface area (TPSA) is 40.6 Å². The molecule has 0 radical (unpaired) electrons.